The molecular formula is C29H36FN7O3. The Bertz CT molecular complexity index is 1300. The summed E-state index contributed by atoms with van der Waals surface area (Å²) in [5, 5.41) is 5.89. The molecular weight excluding hydrogens is 513 g/mol. The van der Waals surface area contributed by atoms with Crippen molar-refractivity contribution in [3.8, 4) is 0 Å². The van der Waals surface area contributed by atoms with Crippen LogP contribution in [0.25, 0.3) is 0 Å². The smallest absolute Gasteiger partial charge is 0.246 e. The van der Waals surface area contributed by atoms with Gasteiger partial charge in [-0.15, -0.1) is 0 Å². The molecule has 3 saturated heterocycles. The molecule has 40 heavy (non-hydrogen) atoms. The number of morpholine rings is 1. The zero-order valence-electron chi connectivity index (χ0n) is 22.7. The lowest BCUT2D eigenvalue weighted by atomic mass is 9.81. The Morgan fingerprint density at radius 3 is 2.52 bits per heavy atom. The van der Waals surface area contributed by atoms with Crippen LogP contribution in [-0.2, 0) is 19.7 Å². The summed E-state index contributed by atoms with van der Waals surface area (Å²) in [7, 11) is 0. The van der Waals surface area contributed by atoms with E-state index in [1.165, 1.54) is 6.07 Å². The molecule has 212 valence electrons. The van der Waals surface area contributed by atoms with Gasteiger partial charge in [0.2, 0.25) is 17.8 Å². The normalized spacial score (nSPS) is 26.1. The number of nitrogens with zero attached hydrogens (tertiary/aromatic N) is 5. The summed E-state index contributed by atoms with van der Waals surface area (Å²) in [4.78, 5) is 42.1. The number of halogens is 1. The van der Waals surface area contributed by atoms with E-state index in [2.05, 4.69) is 30.4 Å². The second-order valence-corrected chi connectivity index (χ2v) is 11.7. The summed E-state index contributed by atoms with van der Waals surface area (Å²) < 4.78 is 20.7. The second kappa shape index (κ2) is 10.3. The summed E-state index contributed by atoms with van der Waals surface area (Å²) in [6.07, 6.45) is 8.27. The zero-order chi connectivity index (χ0) is 27.3. The van der Waals surface area contributed by atoms with Crippen molar-refractivity contribution in [2.45, 2.75) is 62.4 Å². The van der Waals surface area contributed by atoms with Crippen LogP contribution in [-0.4, -0.2) is 89.6 Å². The monoisotopic (exact) mass is 549 g/mol. The van der Waals surface area contributed by atoms with Gasteiger partial charge in [-0.25, -0.2) is 9.37 Å². The maximum atomic E-state index is 15.2. The van der Waals surface area contributed by atoms with Crippen molar-refractivity contribution >= 4 is 35.0 Å². The molecule has 1 atom stereocenters. The molecule has 2 aromatic rings. The fourth-order valence-corrected chi connectivity index (χ4v) is 7.34. The third kappa shape index (κ3) is 4.30. The Labute approximate surface area is 233 Å². The zero-order valence-corrected chi connectivity index (χ0v) is 22.7. The predicted molar refractivity (Wildman–Crippen MR) is 148 cm³/mol. The number of hydrogen-bond donors (Lipinski definition) is 2. The van der Waals surface area contributed by atoms with E-state index in [4.69, 9.17) is 4.74 Å². The number of anilines is 4. The Morgan fingerprint density at radius 2 is 1.77 bits per heavy atom. The maximum Gasteiger partial charge on any atom is 0.246 e. The molecule has 1 aromatic carbocycles. The average Bonchev–Trinajstić information content (AvgIpc) is 3.69. The lowest BCUT2D eigenvalue weighted by molar-refractivity contribution is -0.138. The van der Waals surface area contributed by atoms with E-state index in [1.807, 2.05) is 11.0 Å². The minimum absolute atomic E-state index is 0.133. The van der Waals surface area contributed by atoms with Crippen LogP contribution in [0.1, 0.15) is 50.5 Å². The maximum absolute atomic E-state index is 15.2. The summed E-state index contributed by atoms with van der Waals surface area (Å²) in [5.41, 5.74) is 0.421. The number of aromatic nitrogens is 2. The van der Waals surface area contributed by atoms with Crippen LogP contribution in [0, 0.1) is 5.82 Å². The van der Waals surface area contributed by atoms with Gasteiger partial charge in [0.15, 0.2) is 5.41 Å². The van der Waals surface area contributed by atoms with E-state index in [0.717, 1.165) is 77.9 Å². The first-order valence-electron chi connectivity index (χ1n) is 14.7. The van der Waals surface area contributed by atoms with Gasteiger partial charge in [0.05, 0.1) is 18.9 Å². The minimum Gasteiger partial charge on any atom is -0.379 e. The summed E-state index contributed by atoms with van der Waals surface area (Å²) in [6.45, 7) is 5.75. The molecule has 1 saturated carbocycles. The van der Waals surface area contributed by atoms with Gasteiger partial charge in [0.25, 0.3) is 0 Å². The standard InChI is InChI=1S/C29H36FN7O3/c30-23-17-19(5-6-24(23)36-10-7-20(8-11-36)35-13-15-40-16-14-35)32-28-31-18-22-25(34-28)33-26(38)29(22)9-12-37(27(29)39)21-3-1-2-4-21/h5-6,17-18,20-21H,1-4,7-16H2,(H2,31,32,33,34,38). The molecule has 4 aliphatic heterocycles. The molecule has 11 heteroatoms. The van der Waals surface area contributed by atoms with Crippen molar-refractivity contribution < 1.29 is 18.7 Å². The summed E-state index contributed by atoms with van der Waals surface area (Å²) >= 11 is 0. The Morgan fingerprint density at radius 1 is 1.00 bits per heavy atom. The highest BCUT2D eigenvalue weighted by molar-refractivity contribution is 6.21. The van der Waals surface area contributed by atoms with E-state index < -0.39 is 5.41 Å². The molecule has 1 unspecified atom stereocenters. The number of fused-ring (bicyclic) bond motifs is 2. The molecule has 1 spiro atoms. The van der Waals surface area contributed by atoms with Gasteiger partial charge in [-0.05, 0) is 50.3 Å². The van der Waals surface area contributed by atoms with Crippen molar-refractivity contribution in [2.75, 3.05) is 61.5 Å². The molecule has 2 amide bonds. The van der Waals surface area contributed by atoms with Crippen LogP contribution in [0.15, 0.2) is 24.4 Å². The number of likely N-dealkylation sites (tertiary alicyclic amines) is 1. The van der Waals surface area contributed by atoms with Gasteiger partial charge in [-0.3, -0.25) is 14.5 Å². The molecule has 5 aliphatic rings. The topological polar surface area (TPSA) is 103 Å². The van der Waals surface area contributed by atoms with E-state index in [9.17, 15) is 9.59 Å². The Balaban J connectivity index is 1.03. The quantitative estimate of drug-likeness (QED) is 0.549. The molecule has 5 heterocycles. The first-order chi connectivity index (χ1) is 19.5. The number of carbonyl (C=O) groups is 2. The highest BCUT2D eigenvalue weighted by Crippen LogP contribution is 2.46. The minimum atomic E-state index is -1.24. The lowest BCUT2D eigenvalue weighted by Crippen LogP contribution is -2.49. The molecule has 0 radical (unpaired) electrons. The van der Waals surface area contributed by atoms with Crippen molar-refractivity contribution in [2.24, 2.45) is 0 Å². The van der Waals surface area contributed by atoms with Crippen LogP contribution in [0.4, 0.5) is 27.5 Å². The average molecular weight is 550 g/mol. The number of benzene rings is 1. The first kappa shape index (κ1) is 25.6. The Hall–Kier alpha value is -3.31. The van der Waals surface area contributed by atoms with Gasteiger partial charge in [-0.1, -0.05) is 12.8 Å². The molecule has 2 N–H and O–H groups in total. The van der Waals surface area contributed by atoms with Crippen molar-refractivity contribution in [3.05, 3.63) is 35.8 Å². The third-order valence-corrected chi connectivity index (χ3v) is 9.56. The fourth-order valence-electron chi connectivity index (χ4n) is 7.34. The molecule has 4 fully saturated rings. The SMILES string of the molecule is O=C1Nc2nc(Nc3ccc(N4CCC(N5CCOCC5)CC4)c(F)c3)ncc2C12CCN(C1CCCC1)C2=O. The van der Waals surface area contributed by atoms with Crippen LogP contribution in [0.3, 0.4) is 0 Å². The highest BCUT2D eigenvalue weighted by Gasteiger charge is 2.60. The molecule has 10 nitrogen and oxygen atoms in total. The second-order valence-electron chi connectivity index (χ2n) is 11.7. The highest BCUT2D eigenvalue weighted by atomic mass is 19.1. The number of nitrogens with one attached hydrogen (secondary N) is 2. The number of rotatable bonds is 5. The van der Waals surface area contributed by atoms with Crippen molar-refractivity contribution in [3.63, 3.8) is 0 Å². The predicted octanol–water partition coefficient (Wildman–Crippen LogP) is 3.03. The molecule has 0 bridgehead atoms. The fraction of sp³-hybridized carbons (Fsp3) is 0.586. The van der Waals surface area contributed by atoms with E-state index in [1.54, 1.807) is 12.3 Å². The van der Waals surface area contributed by atoms with E-state index in [0.29, 0.717) is 41.8 Å². The van der Waals surface area contributed by atoms with Crippen LogP contribution >= 0.6 is 0 Å². The Kier molecular flexibility index (Phi) is 6.58. The van der Waals surface area contributed by atoms with Gasteiger partial charge in [0, 0.05) is 62.3 Å². The molecule has 1 aliphatic carbocycles. The van der Waals surface area contributed by atoms with Crippen molar-refractivity contribution in [1.82, 2.24) is 19.8 Å². The number of piperidine rings is 1. The van der Waals surface area contributed by atoms with Gasteiger partial charge >= 0.3 is 0 Å². The van der Waals surface area contributed by atoms with Crippen LogP contribution in [0.5, 0.6) is 0 Å². The van der Waals surface area contributed by atoms with Gasteiger partial charge in [-0.2, -0.15) is 4.98 Å². The number of ether oxygens (including phenoxy) is 1. The molecule has 7 rings (SSSR count). The number of hydrogen-bond acceptors (Lipinski definition) is 8. The summed E-state index contributed by atoms with van der Waals surface area (Å²) in [6, 6.07) is 5.83. The largest absolute Gasteiger partial charge is 0.379 e. The van der Waals surface area contributed by atoms with Gasteiger partial charge < -0.3 is 25.2 Å². The summed E-state index contributed by atoms with van der Waals surface area (Å²) in [5.74, 6) is -0.164. The van der Waals surface area contributed by atoms with Crippen LogP contribution < -0.4 is 15.5 Å². The van der Waals surface area contributed by atoms with Crippen molar-refractivity contribution in [1.29, 1.82) is 0 Å². The third-order valence-electron chi connectivity index (χ3n) is 9.56. The van der Waals surface area contributed by atoms with E-state index >= 15 is 4.39 Å². The first-order valence-corrected chi connectivity index (χ1v) is 14.7. The molecule has 1 aromatic heterocycles. The van der Waals surface area contributed by atoms with Crippen LogP contribution in [0.2, 0.25) is 0 Å². The number of amides is 2. The lowest BCUT2D eigenvalue weighted by Gasteiger charge is -2.40. The van der Waals surface area contributed by atoms with E-state index in [-0.39, 0.29) is 29.6 Å². The number of carbonyl (C=O) groups excluding carboxylic acids is 2. The van der Waals surface area contributed by atoms with Gasteiger partial charge in [0.1, 0.15) is 11.6 Å².